The van der Waals surface area contributed by atoms with Crippen LogP contribution in [0.5, 0.6) is 0 Å². The van der Waals surface area contributed by atoms with Gasteiger partial charge in [0.05, 0.1) is 0 Å². The summed E-state index contributed by atoms with van der Waals surface area (Å²) in [6.07, 6.45) is 9.82. The van der Waals surface area contributed by atoms with Gasteiger partial charge in [0.1, 0.15) is 5.78 Å². The van der Waals surface area contributed by atoms with Gasteiger partial charge in [0.2, 0.25) is 0 Å². The van der Waals surface area contributed by atoms with Crippen LogP contribution in [0, 0.1) is 28.6 Å². The molecular weight excluding hydrogens is 392 g/mol. The van der Waals surface area contributed by atoms with Crippen molar-refractivity contribution in [3.05, 3.63) is 59.7 Å². The molecule has 4 heteroatoms. The topological polar surface area (TPSA) is 51.2 Å². The summed E-state index contributed by atoms with van der Waals surface area (Å²) in [7, 11) is -0.977. The van der Waals surface area contributed by atoms with Crippen molar-refractivity contribution in [2.45, 2.75) is 57.0 Å². The Bertz CT molecular complexity index is 977. The van der Waals surface area contributed by atoms with Gasteiger partial charge in [0, 0.05) is 39.6 Å². The molecule has 0 spiro atoms. The number of benzene rings is 1. The first kappa shape index (κ1) is 20.1. The van der Waals surface area contributed by atoms with Gasteiger partial charge >= 0.3 is 0 Å². The monoisotopic (exact) mass is 422 g/mol. The fourth-order valence-corrected chi connectivity index (χ4v) is 9.24. The van der Waals surface area contributed by atoms with Crippen LogP contribution in [0.1, 0.15) is 51.5 Å². The minimum atomic E-state index is -0.977. The summed E-state index contributed by atoms with van der Waals surface area (Å²) >= 11 is 0. The minimum absolute atomic E-state index is 0.0405. The third kappa shape index (κ3) is 2.94. The quantitative estimate of drug-likeness (QED) is 0.704. The van der Waals surface area contributed by atoms with Crippen molar-refractivity contribution in [3.8, 4) is 0 Å². The molecule has 4 unspecified atom stereocenters. The lowest BCUT2D eigenvalue weighted by atomic mass is 9.48. The molecule has 3 saturated carbocycles. The summed E-state index contributed by atoms with van der Waals surface area (Å²) in [6.45, 7) is 4.39. The molecule has 0 N–H and O–H groups in total. The SMILES string of the molecule is C[C@]12C=CC(=O)C=C1CCC1C2C(=O)C[C@@]2(C)C1CC[C@H]2S(=O)Cc1ccccc1. The highest BCUT2D eigenvalue weighted by Crippen LogP contribution is 2.64. The lowest BCUT2D eigenvalue weighted by Crippen LogP contribution is -2.55. The molecule has 0 radical (unpaired) electrons. The fourth-order valence-electron chi connectivity index (χ4n) is 7.26. The van der Waals surface area contributed by atoms with Crippen LogP contribution in [0.4, 0.5) is 0 Å². The third-order valence-electron chi connectivity index (χ3n) is 8.63. The largest absolute Gasteiger partial charge is 0.299 e. The van der Waals surface area contributed by atoms with E-state index in [1.54, 1.807) is 12.2 Å². The molecule has 7 atom stereocenters. The van der Waals surface area contributed by atoms with Gasteiger partial charge < -0.3 is 0 Å². The van der Waals surface area contributed by atoms with E-state index in [-0.39, 0.29) is 27.8 Å². The lowest BCUT2D eigenvalue weighted by Gasteiger charge is -2.55. The summed E-state index contributed by atoms with van der Waals surface area (Å²) < 4.78 is 13.4. The van der Waals surface area contributed by atoms with Crippen LogP contribution in [0.15, 0.2) is 54.1 Å². The maximum absolute atomic E-state index is 13.6. The minimum Gasteiger partial charge on any atom is -0.299 e. The van der Waals surface area contributed by atoms with Crippen LogP contribution in [-0.4, -0.2) is 21.0 Å². The Morgan fingerprint density at radius 3 is 2.60 bits per heavy atom. The van der Waals surface area contributed by atoms with Crippen LogP contribution in [-0.2, 0) is 26.1 Å². The van der Waals surface area contributed by atoms with Crippen molar-refractivity contribution in [2.24, 2.45) is 28.6 Å². The van der Waals surface area contributed by atoms with E-state index in [9.17, 15) is 13.8 Å². The number of carbonyl (C=O) groups excluding carboxylic acids is 2. The molecule has 4 aliphatic carbocycles. The number of fused-ring (bicyclic) bond motifs is 5. The van der Waals surface area contributed by atoms with E-state index in [1.165, 1.54) is 0 Å². The third-order valence-corrected chi connectivity index (χ3v) is 10.7. The van der Waals surface area contributed by atoms with Crippen LogP contribution in [0.3, 0.4) is 0 Å². The van der Waals surface area contributed by atoms with Crippen molar-refractivity contribution >= 4 is 22.4 Å². The number of Topliss-reactive ketones (excluding diaryl/α,β-unsaturated/α-hetero) is 1. The molecule has 5 rings (SSSR count). The standard InChI is InChI=1S/C26H30O3S/c1-25-13-12-19(27)14-18(25)8-9-20-21-10-11-23(26(21,2)15-22(28)24(20)25)30(29)16-17-6-4-3-5-7-17/h3-7,12-14,20-21,23-24H,8-11,15-16H2,1-2H3/t20?,21?,23-,24?,25+,26+,30?/m1/s1. The van der Waals surface area contributed by atoms with E-state index in [2.05, 4.69) is 13.8 Å². The number of ketones is 2. The fraction of sp³-hybridized carbons (Fsp3) is 0.538. The van der Waals surface area contributed by atoms with Crippen LogP contribution in [0.2, 0.25) is 0 Å². The van der Waals surface area contributed by atoms with E-state index in [4.69, 9.17) is 0 Å². The highest BCUT2D eigenvalue weighted by atomic mass is 32.2. The Morgan fingerprint density at radius 2 is 1.83 bits per heavy atom. The number of hydrogen-bond donors (Lipinski definition) is 0. The number of hydrogen-bond acceptors (Lipinski definition) is 3. The van der Waals surface area contributed by atoms with Crippen molar-refractivity contribution in [1.82, 2.24) is 0 Å². The lowest BCUT2D eigenvalue weighted by molar-refractivity contribution is -0.140. The molecule has 0 saturated heterocycles. The Hall–Kier alpha value is -1.81. The Labute approximate surface area is 181 Å². The first-order valence-electron chi connectivity index (χ1n) is 11.2. The average molecular weight is 423 g/mol. The molecule has 0 aromatic heterocycles. The average Bonchev–Trinajstić information content (AvgIpc) is 3.05. The van der Waals surface area contributed by atoms with Gasteiger partial charge in [-0.2, -0.15) is 0 Å². The molecule has 0 heterocycles. The van der Waals surface area contributed by atoms with Gasteiger partial charge in [-0.3, -0.25) is 13.8 Å². The number of allylic oxidation sites excluding steroid dienone is 4. The predicted octanol–water partition coefficient (Wildman–Crippen LogP) is 4.79. The summed E-state index contributed by atoms with van der Waals surface area (Å²) in [6, 6.07) is 10.1. The zero-order valence-corrected chi connectivity index (χ0v) is 18.6. The van der Waals surface area contributed by atoms with Gasteiger partial charge in [-0.05, 0) is 60.6 Å². The zero-order chi connectivity index (χ0) is 21.1. The maximum atomic E-state index is 13.6. The maximum Gasteiger partial charge on any atom is 0.178 e. The van der Waals surface area contributed by atoms with Crippen molar-refractivity contribution in [1.29, 1.82) is 0 Å². The van der Waals surface area contributed by atoms with E-state index >= 15 is 0 Å². The van der Waals surface area contributed by atoms with E-state index in [0.717, 1.165) is 36.8 Å². The zero-order valence-electron chi connectivity index (χ0n) is 17.8. The number of carbonyl (C=O) groups is 2. The molecular formula is C26H30O3S. The smallest absolute Gasteiger partial charge is 0.178 e. The molecule has 3 nitrogen and oxygen atoms in total. The molecule has 1 aromatic rings. The first-order valence-corrected chi connectivity index (χ1v) is 12.6. The van der Waals surface area contributed by atoms with Gasteiger partial charge in [0.15, 0.2) is 5.78 Å². The van der Waals surface area contributed by atoms with E-state index in [1.807, 2.05) is 36.4 Å². The van der Waals surface area contributed by atoms with Crippen molar-refractivity contribution in [3.63, 3.8) is 0 Å². The summed E-state index contributed by atoms with van der Waals surface area (Å²) in [4.78, 5) is 25.5. The van der Waals surface area contributed by atoms with Crippen molar-refractivity contribution < 1.29 is 13.8 Å². The van der Waals surface area contributed by atoms with Crippen LogP contribution >= 0.6 is 0 Å². The molecule has 1 aromatic carbocycles. The molecule has 0 amide bonds. The van der Waals surface area contributed by atoms with E-state index < -0.39 is 10.8 Å². The van der Waals surface area contributed by atoms with Gasteiger partial charge in [-0.25, -0.2) is 0 Å². The Kier molecular flexibility index (Phi) is 4.77. The second-order valence-corrected chi connectivity index (χ2v) is 11.8. The molecule has 0 aliphatic heterocycles. The number of rotatable bonds is 3. The second-order valence-electron chi connectivity index (χ2n) is 10.2. The second kappa shape index (κ2) is 7.12. The molecule has 0 bridgehead atoms. The van der Waals surface area contributed by atoms with Gasteiger partial charge in [-0.1, -0.05) is 55.8 Å². The normalized spacial score (nSPS) is 40.9. The highest BCUT2D eigenvalue weighted by molar-refractivity contribution is 7.84. The predicted molar refractivity (Wildman–Crippen MR) is 119 cm³/mol. The molecule has 4 aliphatic rings. The summed E-state index contributed by atoms with van der Waals surface area (Å²) in [5.41, 5.74) is 1.75. The van der Waals surface area contributed by atoms with Gasteiger partial charge in [-0.15, -0.1) is 0 Å². The summed E-state index contributed by atoms with van der Waals surface area (Å²) in [5.74, 6) is 1.66. The van der Waals surface area contributed by atoms with Crippen LogP contribution < -0.4 is 0 Å². The first-order chi connectivity index (χ1) is 14.3. The molecule has 158 valence electrons. The van der Waals surface area contributed by atoms with E-state index in [0.29, 0.717) is 29.8 Å². The Morgan fingerprint density at radius 1 is 1.07 bits per heavy atom. The van der Waals surface area contributed by atoms with Gasteiger partial charge in [0.25, 0.3) is 0 Å². The Balaban J connectivity index is 1.43. The summed E-state index contributed by atoms with van der Waals surface area (Å²) in [5, 5.41) is 0.0841. The van der Waals surface area contributed by atoms with Crippen molar-refractivity contribution in [2.75, 3.05) is 0 Å². The highest BCUT2D eigenvalue weighted by Gasteiger charge is 2.62. The molecule has 30 heavy (non-hydrogen) atoms. The molecule has 3 fully saturated rings. The van der Waals surface area contributed by atoms with Crippen LogP contribution in [0.25, 0.3) is 0 Å².